The van der Waals surface area contributed by atoms with E-state index < -0.39 is 5.91 Å². The van der Waals surface area contributed by atoms with Crippen molar-refractivity contribution >= 4 is 28.7 Å². The summed E-state index contributed by atoms with van der Waals surface area (Å²) in [5.41, 5.74) is 3.85. The van der Waals surface area contributed by atoms with Gasteiger partial charge in [0.2, 0.25) is 11.9 Å². The van der Waals surface area contributed by atoms with Crippen LogP contribution in [0.3, 0.4) is 0 Å². The molecule has 0 radical (unpaired) electrons. The molecule has 2 aromatic heterocycles. The Morgan fingerprint density at radius 1 is 1.14 bits per heavy atom. The van der Waals surface area contributed by atoms with Crippen molar-refractivity contribution in [1.29, 1.82) is 0 Å². The maximum absolute atomic E-state index is 12.9. The molecule has 0 unspecified atom stereocenters. The molecule has 1 aliphatic rings. The van der Waals surface area contributed by atoms with Gasteiger partial charge in [-0.15, -0.1) is 0 Å². The number of rotatable bonds is 9. The minimum absolute atomic E-state index is 0.141. The highest BCUT2D eigenvalue weighted by Gasteiger charge is 2.26. The molecule has 10 nitrogen and oxygen atoms in total. The number of anilines is 1. The molecule has 1 saturated heterocycles. The third-order valence-electron chi connectivity index (χ3n) is 6.54. The van der Waals surface area contributed by atoms with Crippen LogP contribution >= 0.6 is 0 Å². The fraction of sp³-hybridized carbons (Fsp3) is 0.480. The summed E-state index contributed by atoms with van der Waals surface area (Å²) < 4.78 is 2.05. The summed E-state index contributed by atoms with van der Waals surface area (Å²) in [4.78, 5) is 36.9. The number of carbonyl (C=O) groups excluding carboxylic acids is 2. The fourth-order valence-electron chi connectivity index (χ4n) is 4.65. The van der Waals surface area contributed by atoms with E-state index in [0.717, 1.165) is 55.5 Å². The summed E-state index contributed by atoms with van der Waals surface area (Å²) in [7, 11) is 0. The van der Waals surface area contributed by atoms with E-state index in [1.54, 1.807) is 5.48 Å². The summed E-state index contributed by atoms with van der Waals surface area (Å²) in [5.74, 6) is 0.448. The quantitative estimate of drug-likeness (QED) is 0.358. The molecule has 10 heteroatoms. The van der Waals surface area contributed by atoms with Gasteiger partial charge in [-0.2, -0.15) is 5.10 Å². The molecular weight excluding hydrogens is 446 g/mol. The molecule has 35 heavy (non-hydrogen) atoms. The highest BCUT2D eigenvalue weighted by Crippen LogP contribution is 2.25. The Balaban J connectivity index is 1.41. The summed E-state index contributed by atoms with van der Waals surface area (Å²) in [6, 6.07) is 8.23. The molecule has 0 spiro atoms. The zero-order valence-electron chi connectivity index (χ0n) is 20.4. The predicted molar refractivity (Wildman–Crippen MR) is 132 cm³/mol. The van der Waals surface area contributed by atoms with Gasteiger partial charge in [0.25, 0.3) is 5.91 Å². The number of nitrogens with one attached hydrogen (secondary N) is 1. The molecule has 0 saturated carbocycles. The average Bonchev–Trinajstić information content (AvgIpc) is 3.25. The van der Waals surface area contributed by atoms with Gasteiger partial charge in [0, 0.05) is 50.4 Å². The molecule has 4 rings (SSSR count). The molecule has 1 fully saturated rings. The lowest BCUT2D eigenvalue weighted by molar-refractivity contribution is -0.132. The van der Waals surface area contributed by atoms with Crippen LogP contribution in [0.15, 0.2) is 36.7 Å². The van der Waals surface area contributed by atoms with Crippen LogP contribution in [-0.4, -0.2) is 61.3 Å². The number of hydroxylamine groups is 1. The minimum atomic E-state index is -0.636. The lowest BCUT2D eigenvalue weighted by Crippen LogP contribution is -2.41. The SMILES string of the molecule is CCCn1nc(CN(CC2CCN(c3ncc(C(=O)NO)cn3)CC2)C(=O)CC)c2ccccc21. The highest BCUT2D eigenvalue weighted by atomic mass is 16.5. The maximum Gasteiger partial charge on any atom is 0.277 e. The van der Waals surface area contributed by atoms with E-state index in [4.69, 9.17) is 10.3 Å². The third-order valence-corrected chi connectivity index (χ3v) is 6.54. The number of nitrogens with zero attached hydrogens (tertiary/aromatic N) is 6. The number of aromatic nitrogens is 4. The highest BCUT2D eigenvalue weighted by molar-refractivity contribution is 5.92. The first kappa shape index (κ1) is 24.6. The molecule has 0 atom stereocenters. The zero-order valence-corrected chi connectivity index (χ0v) is 20.4. The summed E-state index contributed by atoms with van der Waals surface area (Å²) in [6.07, 6.45) is 6.12. The molecule has 3 aromatic rings. The molecule has 1 aromatic carbocycles. The number of hydrogen-bond acceptors (Lipinski definition) is 7. The molecule has 2 amide bonds. The van der Waals surface area contributed by atoms with E-state index in [1.807, 2.05) is 28.6 Å². The van der Waals surface area contributed by atoms with Crippen molar-refractivity contribution in [2.45, 2.75) is 52.6 Å². The monoisotopic (exact) mass is 479 g/mol. The van der Waals surface area contributed by atoms with Crippen LogP contribution in [0.4, 0.5) is 5.95 Å². The van der Waals surface area contributed by atoms with E-state index in [-0.39, 0.29) is 11.5 Å². The van der Waals surface area contributed by atoms with Crippen molar-refractivity contribution in [2.24, 2.45) is 5.92 Å². The van der Waals surface area contributed by atoms with Crippen LogP contribution < -0.4 is 10.4 Å². The average molecular weight is 480 g/mol. The first-order valence-corrected chi connectivity index (χ1v) is 12.3. The van der Waals surface area contributed by atoms with Crippen molar-refractivity contribution < 1.29 is 14.8 Å². The van der Waals surface area contributed by atoms with Gasteiger partial charge in [-0.05, 0) is 31.2 Å². The number of fused-ring (bicyclic) bond motifs is 1. The number of hydrogen-bond donors (Lipinski definition) is 2. The van der Waals surface area contributed by atoms with Crippen LogP contribution in [0.25, 0.3) is 10.9 Å². The van der Waals surface area contributed by atoms with Crippen LogP contribution in [-0.2, 0) is 17.9 Å². The lowest BCUT2D eigenvalue weighted by atomic mass is 9.96. The number of piperidine rings is 1. The molecule has 2 N–H and O–H groups in total. The van der Waals surface area contributed by atoms with Gasteiger partial charge in [-0.1, -0.05) is 32.0 Å². The van der Waals surface area contributed by atoms with Gasteiger partial charge >= 0.3 is 0 Å². The predicted octanol–water partition coefficient (Wildman–Crippen LogP) is 3.01. The molecular formula is C25H33N7O3. The van der Waals surface area contributed by atoms with Gasteiger partial charge in [-0.25, -0.2) is 15.4 Å². The second-order valence-corrected chi connectivity index (χ2v) is 8.96. The number of carbonyl (C=O) groups is 2. The Hall–Kier alpha value is -3.53. The van der Waals surface area contributed by atoms with Gasteiger partial charge in [-0.3, -0.25) is 19.5 Å². The third kappa shape index (κ3) is 5.59. The zero-order chi connectivity index (χ0) is 24.8. The van der Waals surface area contributed by atoms with E-state index in [0.29, 0.717) is 31.4 Å². The molecule has 186 valence electrons. The first-order chi connectivity index (χ1) is 17.0. The fourth-order valence-corrected chi connectivity index (χ4v) is 4.65. The molecule has 0 bridgehead atoms. The second-order valence-electron chi connectivity index (χ2n) is 8.96. The molecule has 1 aliphatic heterocycles. The summed E-state index contributed by atoms with van der Waals surface area (Å²) in [5, 5.41) is 14.7. The molecule has 0 aliphatic carbocycles. The summed E-state index contributed by atoms with van der Waals surface area (Å²) >= 11 is 0. The van der Waals surface area contributed by atoms with Crippen LogP contribution in [0.2, 0.25) is 0 Å². The van der Waals surface area contributed by atoms with Crippen molar-refractivity contribution in [3.63, 3.8) is 0 Å². The Labute approximate surface area is 204 Å². The van der Waals surface area contributed by atoms with Crippen molar-refractivity contribution in [1.82, 2.24) is 30.1 Å². The van der Waals surface area contributed by atoms with Gasteiger partial charge in [0.15, 0.2) is 0 Å². The van der Waals surface area contributed by atoms with E-state index in [2.05, 4.69) is 33.9 Å². The van der Waals surface area contributed by atoms with Crippen LogP contribution in [0, 0.1) is 5.92 Å². The van der Waals surface area contributed by atoms with Gasteiger partial charge in [0.1, 0.15) is 0 Å². The number of aryl methyl sites for hydroxylation is 1. The second kappa shape index (κ2) is 11.3. The first-order valence-electron chi connectivity index (χ1n) is 12.3. The van der Waals surface area contributed by atoms with E-state index in [1.165, 1.54) is 12.4 Å². The summed E-state index contributed by atoms with van der Waals surface area (Å²) in [6.45, 7) is 7.67. The van der Waals surface area contributed by atoms with Gasteiger partial charge < -0.3 is 9.80 Å². The van der Waals surface area contributed by atoms with Crippen LogP contribution in [0.1, 0.15) is 55.6 Å². The smallest absolute Gasteiger partial charge is 0.277 e. The number of amides is 2. The Bertz CT molecular complexity index is 1150. The van der Waals surface area contributed by atoms with E-state index in [9.17, 15) is 9.59 Å². The van der Waals surface area contributed by atoms with Crippen molar-refractivity contribution in [3.05, 3.63) is 47.9 Å². The van der Waals surface area contributed by atoms with Crippen molar-refractivity contribution in [2.75, 3.05) is 24.5 Å². The normalized spacial score (nSPS) is 14.3. The minimum Gasteiger partial charge on any atom is -0.341 e. The Morgan fingerprint density at radius 3 is 2.51 bits per heavy atom. The standard InChI is InChI=1S/C25H33N7O3/c1-3-11-32-22-8-6-5-7-20(22)21(28-32)17-31(23(33)4-2)16-18-9-12-30(13-10-18)25-26-14-19(15-27-25)24(34)29-35/h5-8,14-15,18,35H,3-4,9-13,16-17H2,1-2H3,(H,29,34). The molecule has 3 heterocycles. The Kier molecular flexibility index (Phi) is 7.91. The number of benzene rings is 1. The van der Waals surface area contributed by atoms with Gasteiger partial charge in [0.05, 0.1) is 23.3 Å². The Morgan fingerprint density at radius 2 is 1.86 bits per heavy atom. The largest absolute Gasteiger partial charge is 0.341 e. The lowest BCUT2D eigenvalue weighted by Gasteiger charge is -2.34. The topological polar surface area (TPSA) is 116 Å². The maximum atomic E-state index is 12.9. The van der Waals surface area contributed by atoms with Crippen molar-refractivity contribution in [3.8, 4) is 0 Å². The number of para-hydroxylation sites is 1. The van der Waals surface area contributed by atoms with E-state index >= 15 is 0 Å². The van der Waals surface area contributed by atoms with Crippen LogP contribution in [0.5, 0.6) is 0 Å².